The second-order valence-corrected chi connectivity index (χ2v) is 11.2. The third-order valence-electron chi connectivity index (χ3n) is 6.24. The Morgan fingerprint density at radius 2 is 1.58 bits per heavy atom. The number of sulfonamides is 1. The maximum Gasteiger partial charge on any atom is 0.244 e. The van der Waals surface area contributed by atoms with Crippen molar-refractivity contribution in [2.75, 3.05) is 31.3 Å². The Morgan fingerprint density at radius 3 is 2.18 bits per heavy atom. The van der Waals surface area contributed by atoms with Crippen LogP contribution in [0, 0.1) is 13.8 Å². The summed E-state index contributed by atoms with van der Waals surface area (Å²) in [6, 6.07) is 21.4. The first-order valence-electron chi connectivity index (χ1n) is 12.3. The van der Waals surface area contributed by atoms with Gasteiger partial charge in [0.15, 0.2) is 0 Å². The van der Waals surface area contributed by atoms with Crippen LogP contribution in [0.3, 0.4) is 0 Å². The number of likely N-dealkylation sites (N-methyl/N-ethyl adjacent to an activating group) is 1. The van der Waals surface area contributed by atoms with Gasteiger partial charge in [-0.1, -0.05) is 66.2 Å². The van der Waals surface area contributed by atoms with Gasteiger partial charge in [0.05, 0.1) is 19.1 Å². The molecule has 202 valence electrons. The van der Waals surface area contributed by atoms with E-state index in [1.165, 1.54) is 19.1 Å². The molecule has 2 amide bonds. The summed E-state index contributed by atoms with van der Waals surface area (Å²) >= 11 is 0. The van der Waals surface area contributed by atoms with E-state index in [0.717, 1.165) is 32.8 Å². The highest BCUT2D eigenvalue weighted by atomic mass is 32.2. The first kappa shape index (κ1) is 28.7. The van der Waals surface area contributed by atoms with Crippen LogP contribution in [0.4, 0.5) is 5.69 Å². The van der Waals surface area contributed by atoms with Crippen molar-refractivity contribution < 1.29 is 22.7 Å². The molecule has 0 saturated heterocycles. The molecule has 1 atom stereocenters. The summed E-state index contributed by atoms with van der Waals surface area (Å²) in [5.74, 6) is -0.523. The van der Waals surface area contributed by atoms with Gasteiger partial charge < -0.3 is 15.0 Å². The van der Waals surface area contributed by atoms with Crippen molar-refractivity contribution in [3.05, 3.63) is 95.1 Å². The largest absolute Gasteiger partial charge is 0.495 e. The van der Waals surface area contributed by atoms with E-state index in [4.69, 9.17) is 4.74 Å². The first-order valence-corrected chi connectivity index (χ1v) is 14.1. The fourth-order valence-electron chi connectivity index (χ4n) is 4.32. The van der Waals surface area contributed by atoms with E-state index in [1.807, 2.05) is 68.4 Å². The van der Waals surface area contributed by atoms with Crippen LogP contribution in [0.1, 0.15) is 22.3 Å². The van der Waals surface area contributed by atoms with Gasteiger partial charge in [-0.3, -0.25) is 13.9 Å². The minimum absolute atomic E-state index is 0.133. The average Bonchev–Trinajstić information content (AvgIpc) is 2.88. The second kappa shape index (κ2) is 12.6. The molecule has 3 aromatic carbocycles. The number of amides is 2. The lowest BCUT2D eigenvalue weighted by molar-refractivity contribution is -0.139. The van der Waals surface area contributed by atoms with Gasteiger partial charge in [-0.25, -0.2) is 8.42 Å². The lowest BCUT2D eigenvalue weighted by atomic mass is 10.0. The quantitative estimate of drug-likeness (QED) is 0.404. The van der Waals surface area contributed by atoms with Gasteiger partial charge in [0.1, 0.15) is 18.3 Å². The molecular formula is C29H35N3O5S. The molecule has 0 aromatic heterocycles. The van der Waals surface area contributed by atoms with Crippen molar-refractivity contribution in [3.8, 4) is 5.75 Å². The van der Waals surface area contributed by atoms with Gasteiger partial charge in [-0.05, 0) is 42.7 Å². The van der Waals surface area contributed by atoms with Crippen molar-refractivity contribution in [2.24, 2.45) is 0 Å². The summed E-state index contributed by atoms with van der Waals surface area (Å²) in [5.41, 5.74) is 3.80. The minimum Gasteiger partial charge on any atom is -0.495 e. The molecule has 0 heterocycles. The van der Waals surface area contributed by atoms with E-state index in [9.17, 15) is 18.0 Å². The summed E-state index contributed by atoms with van der Waals surface area (Å²) < 4.78 is 32.3. The molecule has 3 rings (SSSR count). The molecule has 0 aliphatic rings. The molecule has 0 aliphatic heterocycles. The van der Waals surface area contributed by atoms with Crippen LogP contribution in [-0.4, -0.2) is 58.1 Å². The number of nitrogens with zero attached hydrogens (tertiary/aromatic N) is 2. The topological polar surface area (TPSA) is 96.0 Å². The molecule has 38 heavy (non-hydrogen) atoms. The third kappa shape index (κ3) is 7.35. The summed E-state index contributed by atoms with van der Waals surface area (Å²) in [4.78, 5) is 28.6. The standard InChI is InChI=1S/C29H35N3O5S/c1-21-10-9-13-24(16-21)19-31(26(29(34)30-3)18-23-11-7-6-8-12-23)28(33)20-32(38(5,35)36)25-17-22(2)14-15-27(25)37-4/h6-17,26H,18-20H2,1-5H3,(H,30,34)/t26-/m1/s1. The maximum absolute atomic E-state index is 14.0. The number of hydrogen-bond acceptors (Lipinski definition) is 5. The number of aryl methyl sites for hydroxylation is 2. The highest BCUT2D eigenvalue weighted by molar-refractivity contribution is 7.92. The van der Waals surface area contributed by atoms with Crippen molar-refractivity contribution in [3.63, 3.8) is 0 Å². The SMILES string of the molecule is CNC(=O)[C@@H](Cc1ccccc1)N(Cc1cccc(C)c1)C(=O)CN(c1cc(C)ccc1OC)S(C)(=O)=O. The van der Waals surface area contributed by atoms with Crippen LogP contribution in [0.5, 0.6) is 5.75 Å². The van der Waals surface area contributed by atoms with E-state index in [0.29, 0.717) is 5.75 Å². The van der Waals surface area contributed by atoms with Crippen LogP contribution in [0.25, 0.3) is 0 Å². The van der Waals surface area contributed by atoms with Crippen LogP contribution in [0.2, 0.25) is 0 Å². The monoisotopic (exact) mass is 537 g/mol. The van der Waals surface area contributed by atoms with Crippen LogP contribution >= 0.6 is 0 Å². The number of carbonyl (C=O) groups is 2. The molecule has 0 radical (unpaired) electrons. The van der Waals surface area contributed by atoms with Gasteiger partial charge in [0.2, 0.25) is 21.8 Å². The molecule has 0 bridgehead atoms. The number of hydrogen-bond donors (Lipinski definition) is 1. The number of nitrogens with one attached hydrogen (secondary N) is 1. The van der Waals surface area contributed by atoms with Crippen molar-refractivity contribution in [1.82, 2.24) is 10.2 Å². The number of benzene rings is 3. The zero-order valence-electron chi connectivity index (χ0n) is 22.5. The Labute approximate surface area is 225 Å². The number of rotatable bonds is 11. The average molecular weight is 538 g/mol. The predicted octanol–water partition coefficient (Wildman–Crippen LogP) is 3.46. The van der Waals surface area contributed by atoms with Crippen molar-refractivity contribution >= 4 is 27.5 Å². The fraction of sp³-hybridized carbons (Fsp3) is 0.310. The van der Waals surface area contributed by atoms with E-state index in [1.54, 1.807) is 18.2 Å². The molecule has 9 heteroatoms. The van der Waals surface area contributed by atoms with Crippen molar-refractivity contribution in [2.45, 2.75) is 32.9 Å². The maximum atomic E-state index is 14.0. The zero-order valence-corrected chi connectivity index (χ0v) is 23.3. The minimum atomic E-state index is -3.88. The molecule has 0 saturated carbocycles. The van der Waals surface area contributed by atoms with Gasteiger partial charge in [0, 0.05) is 20.0 Å². The van der Waals surface area contributed by atoms with E-state index in [2.05, 4.69) is 5.32 Å². The summed E-state index contributed by atoms with van der Waals surface area (Å²) in [6.07, 6.45) is 1.32. The van der Waals surface area contributed by atoms with Gasteiger partial charge >= 0.3 is 0 Å². The Morgan fingerprint density at radius 1 is 0.921 bits per heavy atom. The molecule has 0 aliphatic carbocycles. The normalized spacial score (nSPS) is 11.9. The fourth-order valence-corrected chi connectivity index (χ4v) is 5.16. The smallest absolute Gasteiger partial charge is 0.244 e. The van der Waals surface area contributed by atoms with Gasteiger partial charge in [-0.2, -0.15) is 0 Å². The number of carbonyl (C=O) groups excluding carboxylic acids is 2. The van der Waals surface area contributed by atoms with Gasteiger partial charge in [0.25, 0.3) is 0 Å². The lowest BCUT2D eigenvalue weighted by Crippen LogP contribution is -2.52. The Bertz CT molecular complexity index is 1380. The van der Waals surface area contributed by atoms with Crippen molar-refractivity contribution in [1.29, 1.82) is 0 Å². The Kier molecular flexibility index (Phi) is 9.52. The molecule has 0 fully saturated rings. The van der Waals surface area contributed by atoms with Crippen LogP contribution in [0.15, 0.2) is 72.8 Å². The molecule has 0 spiro atoms. The van der Waals surface area contributed by atoms with E-state index < -0.39 is 28.5 Å². The third-order valence-corrected chi connectivity index (χ3v) is 7.36. The van der Waals surface area contributed by atoms with E-state index >= 15 is 0 Å². The zero-order chi connectivity index (χ0) is 27.9. The van der Waals surface area contributed by atoms with Gasteiger partial charge in [-0.15, -0.1) is 0 Å². The molecule has 0 unspecified atom stereocenters. The lowest BCUT2D eigenvalue weighted by Gasteiger charge is -2.33. The Hall–Kier alpha value is -3.85. The molecule has 8 nitrogen and oxygen atoms in total. The predicted molar refractivity (Wildman–Crippen MR) is 150 cm³/mol. The number of anilines is 1. The first-order chi connectivity index (χ1) is 18.0. The molecule has 1 N–H and O–H groups in total. The number of ether oxygens (including phenoxy) is 1. The highest BCUT2D eigenvalue weighted by Gasteiger charge is 2.33. The van der Waals surface area contributed by atoms with E-state index in [-0.39, 0.29) is 24.6 Å². The van der Waals surface area contributed by atoms with Crippen LogP contribution < -0.4 is 14.4 Å². The summed E-state index contributed by atoms with van der Waals surface area (Å²) in [5, 5.41) is 2.67. The highest BCUT2D eigenvalue weighted by Crippen LogP contribution is 2.31. The Balaban J connectivity index is 2.07. The summed E-state index contributed by atoms with van der Waals surface area (Å²) in [6.45, 7) is 3.42. The molecular weight excluding hydrogens is 502 g/mol. The second-order valence-electron chi connectivity index (χ2n) is 9.28. The number of methoxy groups -OCH3 is 1. The summed E-state index contributed by atoms with van der Waals surface area (Å²) in [7, 11) is -0.910. The van der Waals surface area contributed by atoms with Crippen LogP contribution in [-0.2, 0) is 32.6 Å². The molecule has 3 aromatic rings.